The van der Waals surface area contributed by atoms with Crippen molar-refractivity contribution < 1.29 is 24.2 Å². The molecule has 7 nitrogen and oxygen atoms in total. The number of carbonyl (C=O) groups excluding carboxylic acids is 2. The smallest absolute Gasteiger partial charge is 0.408 e. The number of amides is 2. The second-order valence-electron chi connectivity index (χ2n) is 9.04. The third-order valence-electron chi connectivity index (χ3n) is 7.09. The minimum Gasteiger partial charge on any atom is -0.481 e. The molecule has 0 aliphatic heterocycles. The average Bonchev–Trinajstić information content (AvgIpc) is 3.49. The van der Waals surface area contributed by atoms with E-state index < -0.39 is 17.6 Å². The summed E-state index contributed by atoms with van der Waals surface area (Å²) < 4.78 is 5.60. The molecule has 0 saturated heterocycles. The number of ether oxygens (including phenoxy) is 1. The number of carboxylic acid groups (broad SMARTS) is 1. The van der Waals surface area contributed by atoms with Gasteiger partial charge in [-0.1, -0.05) is 48.5 Å². The number of fused-ring (bicyclic) bond motifs is 3. The number of carboxylic acids is 1. The molecule has 0 heterocycles. The molecule has 2 aromatic rings. The van der Waals surface area contributed by atoms with Crippen LogP contribution in [0.15, 0.2) is 48.5 Å². The Morgan fingerprint density at radius 2 is 1.62 bits per heavy atom. The van der Waals surface area contributed by atoms with E-state index in [-0.39, 0.29) is 30.3 Å². The Labute approximate surface area is 186 Å². The summed E-state index contributed by atoms with van der Waals surface area (Å²) in [5.41, 5.74) is 3.62. The van der Waals surface area contributed by atoms with Crippen molar-refractivity contribution in [2.75, 3.05) is 13.2 Å². The molecule has 5 rings (SSSR count). The van der Waals surface area contributed by atoms with E-state index in [1.807, 2.05) is 24.3 Å². The summed E-state index contributed by atoms with van der Waals surface area (Å²) in [5.74, 6) is -1.51. The molecule has 166 valence electrons. The summed E-state index contributed by atoms with van der Waals surface area (Å²) in [6.07, 6.45) is 1.93. The van der Waals surface area contributed by atoms with Crippen molar-refractivity contribution in [1.29, 1.82) is 0 Å². The molecule has 2 saturated carbocycles. The van der Waals surface area contributed by atoms with Crippen LogP contribution in [0.1, 0.15) is 42.7 Å². The minimum absolute atomic E-state index is 0.0250. The number of hydrogen-bond donors (Lipinski definition) is 3. The number of benzene rings is 2. The molecule has 2 amide bonds. The fraction of sp³-hybridized carbons (Fsp3) is 0.400. The number of alkyl carbamates (subject to hydrolysis) is 1. The van der Waals surface area contributed by atoms with Gasteiger partial charge in [0, 0.05) is 12.5 Å². The Morgan fingerprint density at radius 1 is 1.00 bits per heavy atom. The van der Waals surface area contributed by atoms with E-state index in [0.717, 1.165) is 28.7 Å². The molecule has 0 aromatic heterocycles. The topological polar surface area (TPSA) is 105 Å². The van der Waals surface area contributed by atoms with Gasteiger partial charge in [0.2, 0.25) is 5.91 Å². The van der Waals surface area contributed by atoms with Crippen molar-refractivity contribution in [2.24, 2.45) is 11.8 Å². The molecule has 3 aliphatic rings. The lowest BCUT2D eigenvalue weighted by molar-refractivity contribution is -0.139. The van der Waals surface area contributed by atoms with Gasteiger partial charge in [-0.2, -0.15) is 0 Å². The maximum Gasteiger partial charge on any atom is 0.408 e. The lowest BCUT2D eigenvalue weighted by atomic mass is 9.76. The van der Waals surface area contributed by atoms with Crippen molar-refractivity contribution in [3.63, 3.8) is 0 Å². The molecule has 3 aliphatic carbocycles. The predicted octanol–water partition coefficient (Wildman–Crippen LogP) is 3.28. The molecule has 2 aromatic carbocycles. The highest BCUT2D eigenvalue weighted by Gasteiger charge is 2.48. The zero-order chi connectivity index (χ0) is 22.3. The number of nitrogens with one attached hydrogen (secondary N) is 2. The largest absolute Gasteiger partial charge is 0.481 e. The monoisotopic (exact) mass is 434 g/mol. The molecule has 2 atom stereocenters. The van der Waals surface area contributed by atoms with Gasteiger partial charge in [0.1, 0.15) is 12.1 Å². The van der Waals surface area contributed by atoms with E-state index in [1.54, 1.807) is 0 Å². The first-order valence-corrected chi connectivity index (χ1v) is 11.1. The Hall–Kier alpha value is -3.35. The molecule has 7 heteroatoms. The van der Waals surface area contributed by atoms with Crippen LogP contribution < -0.4 is 10.6 Å². The van der Waals surface area contributed by atoms with Crippen LogP contribution in [0.2, 0.25) is 0 Å². The van der Waals surface area contributed by atoms with Crippen molar-refractivity contribution in [2.45, 2.75) is 37.1 Å². The van der Waals surface area contributed by atoms with Crippen molar-refractivity contribution in [1.82, 2.24) is 10.6 Å². The van der Waals surface area contributed by atoms with Gasteiger partial charge in [0.15, 0.2) is 0 Å². The second-order valence-corrected chi connectivity index (χ2v) is 9.04. The standard InChI is InChI=1S/C25H26N2O5/c28-22(29)20-12-15(20)13-26-23(30)25(10-5-11-25)27-24(31)32-14-21-18-8-3-1-6-16(18)17-7-2-4-9-19(17)21/h1-4,6-9,15,20-21H,5,10-14H2,(H,26,30)(H,27,31)(H,28,29)/t15-,20-/m1/s1. The van der Waals surface area contributed by atoms with Crippen LogP contribution in [0, 0.1) is 11.8 Å². The summed E-state index contributed by atoms with van der Waals surface area (Å²) in [6, 6.07) is 16.3. The molecule has 3 N–H and O–H groups in total. The van der Waals surface area contributed by atoms with Crippen LogP contribution in [0.4, 0.5) is 4.79 Å². The normalized spacial score (nSPS) is 22.1. The maximum absolute atomic E-state index is 12.8. The highest BCUT2D eigenvalue weighted by atomic mass is 16.5. The molecule has 32 heavy (non-hydrogen) atoms. The zero-order valence-corrected chi connectivity index (χ0v) is 17.7. The summed E-state index contributed by atoms with van der Waals surface area (Å²) >= 11 is 0. The van der Waals surface area contributed by atoms with E-state index in [0.29, 0.717) is 25.8 Å². The maximum atomic E-state index is 12.8. The average molecular weight is 434 g/mol. The highest BCUT2D eigenvalue weighted by molar-refractivity contribution is 5.91. The lowest BCUT2D eigenvalue weighted by Crippen LogP contribution is -2.63. The SMILES string of the molecule is O=C(NC1(C(=O)NC[C@H]2C[C@H]2C(=O)O)CCC1)OCC1c2ccccc2-c2ccccc21. The summed E-state index contributed by atoms with van der Waals surface area (Å²) in [7, 11) is 0. The van der Waals surface area contributed by atoms with Gasteiger partial charge in [-0.25, -0.2) is 4.79 Å². The Bertz CT molecular complexity index is 1030. The van der Waals surface area contributed by atoms with Crippen LogP contribution in [-0.2, 0) is 14.3 Å². The predicted molar refractivity (Wildman–Crippen MR) is 117 cm³/mol. The first-order chi connectivity index (χ1) is 15.5. The minimum atomic E-state index is -0.962. The van der Waals surface area contributed by atoms with E-state index in [1.165, 1.54) is 0 Å². The highest BCUT2D eigenvalue weighted by Crippen LogP contribution is 2.44. The molecular weight excluding hydrogens is 408 g/mol. The quantitative estimate of drug-likeness (QED) is 0.620. The van der Waals surface area contributed by atoms with Gasteiger partial charge >= 0.3 is 12.1 Å². The van der Waals surface area contributed by atoms with Crippen molar-refractivity contribution in [3.05, 3.63) is 59.7 Å². The van der Waals surface area contributed by atoms with Crippen LogP contribution in [0.25, 0.3) is 11.1 Å². The zero-order valence-electron chi connectivity index (χ0n) is 17.7. The summed E-state index contributed by atoms with van der Waals surface area (Å²) in [5, 5.41) is 14.6. The molecule has 0 bridgehead atoms. The van der Waals surface area contributed by atoms with Crippen LogP contribution in [0.5, 0.6) is 0 Å². The number of hydrogen-bond acceptors (Lipinski definition) is 4. The Balaban J connectivity index is 1.19. The molecule has 0 spiro atoms. The van der Waals surface area contributed by atoms with Crippen molar-refractivity contribution in [3.8, 4) is 11.1 Å². The fourth-order valence-corrected chi connectivity index (χ4v) is 4.94. The van der Waals surface area contributed by atoms with Gasteiger partial charge in [-0.05, 0) is 53.9 Å². The molecule has 0 unspecified atom stereocenters. The van der Waals surface area contributed by atoms with Crippen LogP contribution in [0.3, 0.4) is 0 Å². The summed E-state index contributed by atoms with van der Waals surface area (Å²) in [6.45, 7) is 0.518. The van der Waals surface area contributed by atoms with Crippen LogP contribution >= 0.6 is 0 Å². The van der Waals surface area contributed by atoms with E-state index in [2.05, 4.69) is 34.9 Å². The number of aliphatic carboxylic acids is 1. The second kappa shape index (κ2) is 7.97. The van der Waals surface area contributed by atoms with Gasteiger partial charge in [0.25, 0.3) is 0 Å². The molecule has 2 fully saturated rings. The lowest BCUT2D eigenvalue weighted by Gasteiger charge is -2.40. The third-order valence-corrected chi connectivity index (χ3v) is 7.09. The Morgan fingerprint density at radius 3 is 2.16 bits per heavy atom. The van der Waals surface area contributed by atoms with Crippen molar-refractivity contribution >= 4 is 18.0 Å². The van der Waals surface area contributed by atoms with E-state index in [4.69, 9.17) is 9.84 Å². The molecule has 0 radical (unpaired) electrons. The van der Waals surface area contributed by atoms with Gasteiger partial charge in [0.05, 0.1) is 5.92 Å². The first-order valence-electron chi connectivity index (χ1n) is 11.1. The van der Waals surface area contributed by atoms with Crippen LogP contribution in [-0.4, -0.2) is 41.8 Å². The first kappa shape index (κ1) is 20.5. The van der Waals surface area contributed by atoms with Gasteiger partial charge in [-0.3, -0.25) is 9.59 Å². The fourth-order valence-electron chi connectivity index (χ4n) is 4.94. The number of carbonyl (C=O) groups is 3. The van der Waals surface area contributed by atoms with E-state index >= 15 is 0 Å². The van der Waals surface area contributed by atoms with E-state index in [9.17, 15) is 14.4 Å². The third kappa shape index (κ3) is 3.61. The van der Waals surface area contributed by atoms with Gasteiger partial charge in [-0.15, -0.1) is 0 Å². The number of rotatable bonds is 7. The van der Waals surface area contributed by atoms with Gasteiger partial charge < -0.3 is 20.5 Å². The Kier molecular flexibility index (Phi) is 5.12. The molecular formula is C25H26N2O5. The summed E-state index contributed by atoms with van der Waals surface area (Å²) in [4.78, 5) is 36.4.